The van der Waals surface area contributed by atoms with Crippen LogP contribution in [0.1, 0.15) is 0 Å². The predicted octanol–water partition coefficient (Wildman–Crippen LogP) is 2.31. The first-order valence-corrected chi connectivity index (χ1v) is 9.44. The zero-order valence-corrected chi connectivity index (χ0v) is 14.6. The molecule has 122 valence electrons. The topological polar surface area (TPSA) is 80.3 Å². The van der Waals surface area contributed by atoms with E-state index in [2.05, 4.69) is 31.5 Å². The number of hydrogen-bond acceptors (Lipinski definition) is 6. The first-order chi connectivity index (χ1) is 11.1. The van der Waals surface area contributed by atoms with E-state index in [1.165, 1.54) is 0 Å². The van der Waals surface area contributed by atoms with Crippen molar-refractivity contribution in [1.82, 2.24) is 10.3 Å². The van der Waals surface area contributed by atoms with Crippen molar-refractivity contribution in [2.45, 2.75) is 10.3 Å². The number of nitrogens with zero attached hydrogens (tertiary/aromatic N) is 1. The third kappa shape index (κ3) is 3.89. The Bertz CT molecular complexity index is 775. The molecule has 0 spiro atoms. The smallest absolute Gasteiger partial charge is 0.206 e. The summed E-state index contributed by atoms with van der Waals surface area (Å²) in [6.07, 6.45) is 1.68. The SMILES string of the molecule is O=S(=O)(c1ccc(Nc2cc(Br)ccn2)cc1)C1CNCCO1. The molecule has 2 aromatic rings. The van der Waals surface area contributed by atoms with E-state index in [9.17, 15) is 8.42 Å². The summed E-state index contributed by atoms with van der Waals surface area (Å²) in [7, 11) is -3.49. The summed E-state index contributed by atoms with van der Waals surface area (Å²) in [6.45, 7) is 1.39. The molecule has 0 bridgehead atoms. The van der Waals surface area contributed by atoms with Crippen LogP contribution < -0.4 is 10.6 Å². The number of nitrogens with one attached hydrogen (secondary N) is 2. The van der Waals surface area contributed by atoms with Gasteiger partial charge in [0.25, 0.3) is 0 Å². The van der Waals surface area contributed by atoms with Gasteiger partial charge in [0.1, 0.15) is 5.82 Å². The van der Waals surface area contributed by atoms with Crippen LogP contribution in [0.5, 0.6) is 0 Å². The molecule has 0 amide bonds. The number of benzene rings is 1. The summed E-state index contributed by atoms with van der Waals surface area (Å²) in [4.78, 5) is 4.44. The number of sulfone groups is 1. The highest BCUT2D eigenvalue weighted by Crippen LogP contribution is 2.22. The Hall–Kier alpha value is -1.48. The third-order valence-electron chi connectivity index (χ3n) is 3.42. The molecule has 23 heavy (non-hydrogen) atoms. The van der Waals surface area contributed by atoms with Crippen molar-refractivity contribution in [3.8, 4) is 0 Å². The van der Waals surface area contributed by atoms with Crippen molar-refractivity contribution in [1.29, 1.82) is 0 Å². The minimum Gasteiger partial charge on any atom is -0.359 e. The molecular formula is C15H16BrN3O3S. The lowest BCUT2D eigenvalue weighted by Gasteiger charge is -2.23. The van der Waals surface area contributed by atoms with Crippen molar-refractivity contribution in [3.05, 3.63) is 47.1 Å². The molecule has 0 saturated carbocycles. The Morgan fingerprint density at radius 1 is 1.26 bits per heavy atom. The van der Waals surface area contributed by atoms with Gasteiger partial charge in [0.05, 0.1) is 11.5 Å². The lowest BCUT2D eigenvalue weighted by Crippen LogP contribution is -2.42. The molecule has 3 rings (SSSR count). The van der Waals surface area contributed by atoms with Gasteiger partial charge in [-0.2, -0.15) is 0 Å². The summed E-state index contributed by atoms with van der Waals surface area (Å²) in [6, 6.07) is 10.3. The van der Waals surface area contributed by atoms with Crippen LogP contribution in [0, 0.1) is 0 Å². The molecule has 1 saturated heterocycles. The van der Waals surface area contributed by atoms with Gasteiger partial charge in [0.15, 0.2) is 5.44 Å². The van der Waals surface area contributed by atoms with E-state index in [0.717, 1.165) is 10.2 Å². The molecule has 1 aromatic carbocycles. The van der Waals surface area contributed by atoms with Gasteiger partial charge in [-0.3, -0.25) is 0 Å². The highest BCUT2D eigenvalue weighted by molar-refractivity contribution is 9.10. The van der Waals surface area contributed by atoms with Crippen LogP contribution in [0.15, 0.2) is 52.0 Å². The second-order valence-electron chi connectivity index (χ2n) is 5.06. The number of aromatic nitrogens is 1. The number of rotatable bonds is 4. The van der Waals surface area contributed by atoms with Crippen LogP contribution in [0.4, 0.5) is 11.5 Å². The van der Waals surface area contributed by atoms with Crippen LogP contribution >= 0.6 is 15.9 Å². The Morgan fingerprint density at radius 2 is 2.04 bits per heavy atom. The van der Waals surface area contributed by atoms with Crippen molar-refractivity contribution < 1.29 is 13.2 Å². The fourth-order valence-electron chi connectivity index (χ4n) is 2.24. The van der Waals surface area contributed by atoms with Crippen LogP contribution in [-0.2, 0) is 14.6 Å². The van der Waals surface area contributed by atoms with Crippen LogP contribution in [-0.4, -0.2) is 38.5 Å². The molecule has 1 aliphatic heterocycles. The van der Waals surface area contributed by atoms with Crippen molar-refractivity contribution >= 4 is 37.3 Å². The lowest BCUT2D eigenvalue weighted by atomic mass is 10.3. The maximum atomic E-state index is 12.5. The van der Waals surface area contributed by atoms with Crippen LogP contribution in [0.3, 0.4) is 0 Å². The van der Waals surface area contributed by atoms with Gasteiger partial charge in [-0.1, -0.05) is 15.9 Å². The molecule has 1 unspecified atom stereocenters. The van der Waals surface area contributed by atoms with Crippen LogP contribution in [0.25, 0.3) is 0 Å². The second-order valence-corrected chi connectivity index (χ2v) is 8.06. The monoisotopic (exact) mass is 397 g/mol. The summed E-state index contributed by atoms with van der Waals surface area (Å²) in [5.74, 6) is 0.676. The Kier molecular flexibility index (Phi) is 4.96. The molecule has 8 heteroatoms. The zero-order valence-electron chi connectivity index (χ0n) is 12.2. The zero-order chi connectivity index (χ0) is 16.3. The summed E-state index contributed by atoms with van der Waals surface area (Å²) >= 11 is 3.38. The quantitative estimate of drug-likeness (QED) is 0.823. The fraction of sp³-hybridized carbons (Fsp3) is 0.267. The van der Waals surface area contributed by atoms with E-state index < -0.39 is 15.3 Å². The summed E-state index contributed by atoms with van der Waals surface area (Å²) in [5, 5.41) is 6.15. The number of halogens is 1. The fourth-order valence-corrected chi connectivity index (χ4v) is 4.01. The predicted molar refractivity (Wildman–Crippen MR) is 91.5 cm³/mol. The Morgan fingerprint density at radius 3 is 2.70 bits per heavy atom. The highest BCUT2D eigenvalue weighted by atomic mass is 79.9. The molecule has 6 nitrogen and oxygen atoms in total. The van der Waals surface area contributed by atoms with E-state index in [4.69, 9.17) is 4.74 Å². The summed E-state index contributed by atoms with van der Waals surface area (Å²) in [5.41, 5.74) is -0.0703. The maximum Gasteiger partial charge on any atom is 0.206 e. The average Bonchev–Trinajstić information content (AvgIpc) is 2.56. The molecule has 2 heterocycles. The summed E-state index contributed by atoms with van der Waals surface area (Å²) < 4.78 is 31.3. The molecule has 0 radical (unpaired) electrons. The first kappa shape index (κ1) is 16.4. The van der Waals surface area contributed by atoms with E-state index in [0.29, 0.717) is 25.5 Å². The number of hydrogen-bond donors (Lipinski definition) is 2. The average molecular weight is 398 g/mol. The number of morpholine rings is 1. The van der Waals surface area contributed by atoms with Gasteiger partial charge in [-0.15, -0.1) is 0 Å². The van der Waals surface area contributed by atoms with E-state index in [1.54, 1.807) is 30.5 Å². The molecule has 2 N–H and O–H groups in total. The molecule has 1 aliphatic rings. The Labute approximate surface area is 143 Å². The molecule has 0 aliphatic carbocycles. The minimum absolute atomic E-state index is 0.249. The number of pyridine rings is 1. The van der Waals surface area contributed by atoms with Gasteiger partial charge in [0.2, 0.25) is 9.84 Å². The van der Waals surface area contributed by atoms with Crippen molar-refractivity contribution in [2.24, 2.45) is 0 Å². The van der Waals surface area contributed by atoms with Gasteiger partial charge in [-0.25, -0.2) is 13.4 Å². The van der Waals surface area contributed by atoms with Crippen molar-refractivity contribution in [2.75, 3.05) is 25.0 Å². The van der Waals surface area contributed by atoms with Crippen molar-refractivity contribution in [3.63, 3.8) is 0 Å². The molecule has 1 aromatic heterocycles. The van der Waals surface area contributed by atoms with Gasteiger partial charge >= 0.3 is 0 Å². The Balaban J connectivity index is 1.76. The highest BCUT2D eigenvalue weighted by Gasteiger charge is 2.29. The molecule has 1 fully saturated rings. The first-order valence-electron chi connectivity index (χ1n) is 7.10. The third-order valence-corrected chi connectivity index (χ3v) is 5.83. The minimum atomic E-state index is -3.49. The van der Waals surface area contributed by atoms with Gasteiger partial charge in [0, 0.05) is 29.4 Å². The van der Waals surface area contributed by atoms with E-state index in [1.807, 2.05) is 12.1 Å². The van der Waals surface area contributed by atoms with Gasteiger partial charge < -0.3 is 15.4 Å². The lowest BCUT2D eigenvalue weighted by molar-refractivity contribution is 0.0785. The largest absolute Gasteiger partial charge is 0.359 e. The van der Waals surface area contributed by atoms with Crippen LogP contribution in [0.2, 0.25) is 0 Å². The maximum absolute atomic E-state index is 12.5. The molecular weight excluding hydrogens is 382 g/mol. The standard InChI is InChI=1S/C15H16BrN3O3S/c16-11-5-6-18-14(9-11)19-12-1-3-13(4-2-12)23(20,21)15-10-17-7-8-22-15/h1-6,9,15,17H,7-8,10H2,(H,18,19). The molecule has 1 atom stereocenters. The number of anilines is 2. The van der Waals surface area contributed by atoms with Gasteiger partial charge in [-0.05, 0) is 36.4 Å². The normalized spacial score (nSPS) is 18.6. The van der Waals surface area contributed by atoms with E-state index in [-0.39, 0.29) is 4.90 Å². The second kappa shape index (κ2) is 6.96. The van der Waals surface area contributed by atoms with E-state index >= 15 is 0 Å². The number of ether oxygens (including phenoxy) is 1.